The second-order valence-corrected chi connectivity index (χ2v) is 13.3. The van der Waals surface area contributed by atoms with Crippen molar-refractivity contribution >= 4 is 27.5 Å². The van der Waals surface area contributed by atoms with Gasteiger partial charge in [0.1, 0.15) is 41.4 Å². The van der Waals surface area contributed by atoms with Crippen molar-refractivity contribution in [1.82, 2.24) is 20.2 Å². The van der Waals surface area contributed by atoms with Gasteiger partial charge < -0.3 is 24.8 Å². The van der Waals surface area contributed by atoms with Crippen LogP contribution in [0.15, 0.2) is 30.3 Å². The molecule has 0 spiro atoms. The SMILES string of the molecule is C#Cc1c(F)ccc2cc(O)cc(-c3c(OCC)cc4c(N5CC6CCC(C5)N6)nc(OC[C@@]56CCCN5C[C@H](F)C6)nc4c3F)c12. The molecule has 11 heteroatoms. The highest BCUT2D eigenvalue weighted by molar-refractivity contribution is 6.05. The van der Waals surface area contributed by atoms with Crippen molar-refractivity contribution in [1.29, 1.82) is 0 Å². The molecule has 47 heavy (non-hydrogen) atoms. The first kappa shape index (κ1) is 30.1. The Morgan fingerprint density at radius 3 is 2.68 bits per heavy atom. The van der Waals surface area contributed by atoms with Crippen LogP contribution in [-0.4, -0.2) is 83.2 Å². The van der Waals surface area contributed by atoms with E-state index in [2.05, 4.69) is 26.0 Å². The number of anilines is 1. The van der Waals surface area contributed by atoms with Crippen LogP contribution in [0.25, 0.3) is 32.8 Å². The molecule has 244 valence electrons. The molecule has 8 rings (SSSR count). The van der Waals surface area contributed by atoms with E-state index in [-0.39, 0.29) is 70.4 Å². The van der Waals surface area contributed by atoms with Gasteiger partial charge in [-0.2, -0.15) is 9.97 Å². The first-order valence-corrected chi connectivity index (χ1v) is 16.4. The third-order valence-electron chi connectivity index (χ3n) is 10.4. The maximum absolute atomic E-state index is 17.3. The largest absolute Gasteiger partial charge is 0.508 e. The Balaban J connectivity index is 1.33. The van der Waals surface area contributed by atoms with Gasteiger partial charge in [0.25, 0.3) is 0 Å². The molecule has 2 N–H and O–H groups in total. The number of phenolic OH excluding ortho intramolecular Hbond substituents is 1. The first-order valence-electron chi connectivity index (χ1n) is 16.4. The second-order valence-electron chi connectivity index (χ2n) is 13.3. The Hall–Kier alpha value is -4.27. The van der Waals surface area contributed by atoms with Crippen LogP contribution in [-0.2, 0) is 0 Å². The van der Waals surface area contributed by atoms with Gasteiger partial charge in [-0.15, -0.1) is 6.42 Å². The summed E-state index contributed by atoms with van der Waals surface area (Å²) in [6, 6.07) is 7.82. The van der Waals surface area contributed by atoms with Crippen molar-refractivity contribution in [3.63, 3.8) is 0 Å². The fourth-order valence-electron chi connectivity index (χ4n) is 8.37. The lowest BCUT2D eigenvalue weighted by Gasteiger charge is -2.35. The van der Waals surface area contributed by atoms with Crippen LogP contribution in [0.4, 0.5) is 19.0 Å². The number of aromatic nitrogens is 2. The molecule has 0 saturated carbocycles. The minimum atomic E-state index is -0.921. The summed E-state index contributed by atoms with van der Waals surface area (Å²) in [5, 5.41) is 15.5. The number of aromatic hydroxyl groups is 1. The highest BCUT2D eigenvalue weighted by atomic mass is 19.1. The molecule has 1 aromatic heterocycles. The number of rotatable bonds is 7. The van der Waals surface area contributed by atoms with Gasteiger partial charge in [-0.25, -0.2) is 13.2 Å². The maximum Gasteiger partial charge on any atom is 0.319 e. The molecule has 3 aromatic carbocycles. The Labute approximate surface area is 270 Å². The van der Waals surface area contributed by atoms with Crippen molar-refractivity contribution in [2.75, 3.05) is 44.3 Å². The lowest BCUT2D eigenvalue weighted by atomic mass is 9.92. The molecule has 4 aliphatic heterocycles. The van der Waals surface area contributed by atoms with Crippen LogP contribution >= 0.6 is 0 Å². The summed E-state index contributed by atoms with van der Waals surface area (Å²) in [6.07, 6.45) is 9.06. The summed E-state index contributed by atoms with van der Waals surface area (Å²) >= 11 is 0. The lowest BCUT2D eigenvalue weighted by Crippen LogP contribution is -2.51. The molecular weight excluding hydrogens is 607 g/mol. The van der Waals surface area contributed by atoms with Crippen molar-refractivity contribution in [2.24, 2.45) is 0 Å². The number of hydrogen-bond donors (Lipinski definition) is 2. The quantitative estimate of drug-likeness (QED) is 0.248. The van der Waals surface area contributed by atoms with E-state index in [4.69, 9.17) is 20.9 Å². The van der Waals surface area contributed by atoms with E-state index < -0.39 is 23.3 Å². The Kier molecular flexibility index (Phi) is 7.33. The van der Waals surface area contributed by atoms with E-state index in [1.54, 1.807) is 13.0 Å². The normalized spacial score (nSPS) is 25.4. The highest BCUT2D eigenvalue weighted by Gasteiger charge is 2.49. The number of fused-ring (bicyclic) bond motifs is 5. The van der Waals surface area contributed by atoms with E-state index >= 15 is 8.78 Å². The molecular formula is C36H36F3N5O3. The standard InChI is InChI=1S/C36H36F3N5O3/c1-3-25-28(38)9-6-20-12-24(45)13-26(30(20)25)31-29(46-4-2)14-27-33(32(31)39)41-35(42-34(27)43-17-22-7-8-23(18-43)40-22)47-19-36-10-5-11-44(36)16-21(37)15-36/h1,6,9,12-14,21-23,40,45H,4-5,7-8,10-11,15-19H2,2H3/t21-,22?,23?,36+/m1/s1. The molecule has 2 bridgehead atoms. The topological polar surface area (TPSA) is 83.0 Å². The molecule has 4 aromatic rings. The number of piperazine rings is 1. The summed E-state index contributed by atoms with van der Waals surface area (Å²) in [4.78, 5) is 13.8. The highest BCUT2D eigenvalue weighted by Crippen LogP contribution is 2.46. The zero-order valence-corrected chi connectivity index (χ0v) is 26.2. The van der Waals surface area contributed by atoms with E-state index in [9.17, 15) is 9.50 Å². The molecule has 4 atom stereocenters. The van der Waals surface area contributed by atoms with Crippen LogP contribution in [0.5, 0.6) is 17.5 Å². The molecule has 4 aliphatic rings. The number of benzene rings is 3. The molecule has 2 unspecified atom stereocenters. The van der Waals surface area contributed by atoms with Gasteiger partial charge in [-0.1, -0.05) is 12.0 Å². The van der Waals surface area contributed by atoms with Gasteiger partial charge in [0.05, 0.1) is 23.3 Å². The molecule has 4 fully saturated rings. The van der Waals surface area contributed by atoms with Gasteiger partial charge in [-0.05, 0) is 68.8 Å². The van der Waals surface area contributed by atoms with Gasteiger partial charge in [0, 0.05) is 54.5 Å². The summed E-state index contributed by atoms with van der Waals surface area (Å²) < 4.78 is 59.2. The fraction of sp³-hybridized carbons (Fsp3) is 0.444. The van der Waals surface area contributed by atoms with Gasteiger partial charge >= 0.3 is 6.01 Å². The number of nitrogens with one attached hydrogen (secondary N) is 1. The predicted molar refractivity (Wildman–Crippen MR) is 174 cm³/mol. The smallest absolute Gasteiger partial charge is 0.319 e. The lowest BCUT2D eigenvalue weighted by molar-refractivity contribution is 0.107. The summed E-state index contributed by atoms with van der Waals surface area (Å²) in [5.74, 6) is 1.61. The van der Waals surface area contributed by atoms with Crippen LogP contribution in [0, 0.1) is 24.0 Å². The van der Waals surface area contributed by atoms with Crippen LogP contribution in [0.1, 0.15) is 44.6 Å². The van der Waals surface area contributed by atoms with Crippen molar-refractivity contribution in [3.8, 4) is 41.0 Å². The van der Waals surface area contributed by atoms with E-state index in [1.807, 2.05) is 0 Å². The third-order valence-corrected chi connectivity index (χ3v) is 10.4. The molecule has 4 saturated heterocycles. The van der Waals surface area contributed by atoms with Crippen molar-refractivity contribution in [3.05, 3.63) is 47.5 Å². The minimum absolute atomic E-state index is 0.0000503. The van der Waals surface area contributed by atoms with E-state index in [1.165, 1.54) is 24.3 Å². The molecule has 8 nitrogen and oxygen atoms in total. The van der Waals surface area contributed by atoms with Gasteiger partial charge in [0.15, 0.2) is 5.82 Å². The fourth-order valence-corrected chi connectivity index (χ4v) is 8.37. The summed E-state index contributed by atoms with van der Waals surface area (Å²) in [7, 11) is 0. The third kappa shape index (κ3) is 5.00. The molecule has 0 aliphatic carbocycles. The molecule has 0 amide bonds. The first-order chi connectivity index (χ1) is 22.8. The number of ether oxygens (including phenoxy) is 2. The summed E-state index contributed by atoms with van der Waals surface area (Å²) in [5.41, 5.74) is -0.315. The number of hydrogen-bond acceptors (Lipinski definition) is 8. The number of terminal acetylenes is 1. The Morgan fingerprint density at radius 2 is 1.91 bits per heavy atom. The minimum Gasteiger partial charge on any atom is -0.508 e. The number of halogens is 3. The molecule has 0 radical (unpaired) electrons. The maximum atomic E-state index is 17.3. The predicted octanol–water partition coefficient (Wildman–Crippen LogP) is 5.71. The Bertz CT molecular complexity index is 1940. The van der Waals surface area contributed by atoms with Gasteiger partial charge in [0.2, 0.25) is 0 Å². The number of phenols is 1. The second kappa shape index (κ2) is 11.5. The van der Waals surface area contributed by atoms with Crippen molar-refractivity contribution < 1.29 is 27.8 Å². The monoisotopic (exact) mass is 643 g/mol. The van der Waals surface area contributed by atoms with E-state index in [0.717, 1.165) is 32.2 Å². The van der Waals surface area contributed by atoms with E-state index in [0.29, 0.717) is 42.6 Å². The zero-order valence-electron chi connectivity index (χ0n) is 26.2. The van der Waals surface area contributed by atoms with Crippen LogP contribution < -0.4 is 19.7 Å². The zero-order chi connectivity index (χ0) is 32.4. The van der Waals surface area contributed by atoms with Crippen LogP contribution in [0.2, 0.25) is 0 Å². The van der Waals surface area contributed by atoms with Crippen LogP contribution in [0.3, 0.4) is 0 Å². The number of nitrogens with zero attached hydrogens (tertiary/aromatic N) is 4. The Morgan fingerprint density at radius 1 is 1.11 bits per heavy atom. The number of alkyl halides is 1. The van der Waals surface area contributed by atoms with Crippen molar-refractivity contribution in [2.45, 2.75) is 62.8 Å². The average Bonchev–Trinajstić information content (AvgIpc) is 3.70. The summed E-state index contributed by atoms with van der Waals surface area (Å²) in [6.45, 7) is 4.75. The molecule has 5 heterocycles. The average molecular weight is 644 g/mol. The van der Waals surface area contributed by atoms with Gasteiger partial charge in [-0.3, -0.25) is 4.90 Å².